The lowest BCUT2D eigenvalue weighted by atomic mass is 10.0. The Labute approximate surface area is 71.2 Å². The molecule has 0 saturated carbocycles. The van der Waals surface area contributed by atoms with Gasteiger partial charge in [-0.15, -0.1) is 9.24 Å². The van der Waals surface area contributed by atoms with Gasteiger partial charge < -0.3 is 0 Å². The van der Waals surface area contributed by atoms with E-state index >= 15 is 0 Å². The highest BCUT2D eigenvalue weighted by Crippen LogP contribution is 2.17. The van der Waals surface area contributed by atoms with E-state index in [2.05, 4.69) is 41.3 Å². The van der Waals surface area contributed by atoms with E-state index < -0.39 is 0 Å². The third-order valence-corrected chi connectivity index (χ3v) is 2.50. The second kappa shape index (κ2) is 3.88. The van der Waals surface area contributed by atoms with Crippen molar-refractivity contribution in [1.82, 2.24) is 0 Å². The molecule has 1 aromatic rings. The molecule has 0 N–H and O–H groups in total. The highest BCUT2D eigenvalue weighted by atomic mass is 31.0. The average molecular weight is 166 g/mol. The van der Waals surface area contributed by atoms with E-state index in [-0.39, 0.29) is 0 Å². The highest BCUT2D eigenvalue weighted by molar-refractivity contribution is 7.15. The lowest BCUT2D eigenvalue weighted by molar-refractivity contribution is 1.09. The zero-order valence-electron chi connectivity index (χ0n) is 7.22. The first-order valence-electron chi connectivity index (χ1n) is 4.07. The fourth-order valence-corrected chi connectivity index (χ4v) is 1.97. The van der Waals surface area contributed by atoms with Crippen LogP contribution in [0.4, 0.5) is 0 Å². The van der Waals surface area contributed by atoms with E-state index in [4.69, 9.17) is 0 Å². The van der Waals surface area contributed by atoms with Crippen LogP contribution in [0.1, 0.15) is 23.6 Å². The van der Waals surface area contributed by atoms with Gasteiger partial charge in [0.15, 0.2) is 0 Å². The van der Waals surface area contributed by atoms with Gasteiger partial charge in [-0.1, -0.05) is 25.1 Å². The number of rotatable bonds is 2. The molecule has 60 valence electrons. The van der Waals surface area contributed by atoms with Gasteiger partial charge in [0.1, 0.15) is 0 Å². The van der Waals surface area contributed by atoms with E-state index in [1.165, 1.54) is 16.7 Å². The van der Waals surface area contributed by atoms with E-state index in [1.54, 1.807) is 0 Å². The normalized spacial score (nSPS) is 10.1. The van der Waals surface area contributed by atoms with Crippen LogP contribution >= 0.6 is 9.24 Å². The van der Waals surface area contributed by atoms with Crippen LogP contribution in [0.5, 0.6) is 0 Å². The molecule has 11 heavy (non-hydrogen) atoms. The van der Waals surface area contributed by atoms with Gasteiger partial charge in [0.05, 0.1) is 0 Å². The van der Waals surface area contributed by atoms with Gasteiger partial charge in [0, 0.05) is 0 Å². The number of hydrogen-bond acceptors (Lipinski definition) is 0. The first-order chi connectivity index (χ1) is 5.29. The second-order valence-corrected chi connectivity index (χ2v) is 3.18. The third-order valence-electron chi connectivity index (χ3n) is 2.09. The Balaban J connectivity index is 3.13. The molecule has 0 aliphatic carbocycles. The Hall–Kier alpha value is -0.350. The summed E-state index contributed by atoms with van der Waals surface area (Å²) in [6, 6.07) is 6.53. The van der Waals surface area contributed by atoms with Crippen LogP contribution in [-0.4, -0.2) is 0 Å². The van der Waals surface area contributed by atoms with Crippen LogP contribution in [0.2, 0.25) is 0 Å². The fourth-order valence-electron chi connectivity index (χ4n) is 1.39. The van der Waals surface area contributed by atoms with Crippen LogP contribution in [0.3, 0.4) is 0 Å². The van der Waals surface area contributed by atoms with Gasteiger partial charge in [0.2, 0.25) is 0 Å². The van der Waals surface area contributed by atoms with Crippen LogP contribution in [0, 0.1) is 6.92 Å². The van der Waals surface area contributed by atoms with Crippen molar-refractivity contribution in [2.24, 2.45) is 0 Å². The zero-order valence-corrected chi connectivity index (χ0v) is 8.38. The van der Waals surface area contributed by atoms with E-state index in [9.17, 15) is 0 Å². The molecule has 1 rings (SSSR count). The molecule has 0 heterocycles. The predicted octanol–water partition coefficient (Wildman–Crippen LogP) is 2.93. The summed E-state index contributed by atoms with van der Waals surface area (Å²) < 4.78 is 0. The minimum Gasteiger partial charge on any atom is -0.133 e. The standard InChI is InChI=1S/C10H15P/c1-3-9-6-4-5-8(2)10(9)7-11/h4-6H,3,7,11H2,1-2H3. The summed E-state index contributed by atoms with van der Waals surface area (Å²) in [4.78, 5) is 0. The van der Waals surface area contributed by atoms with Crippen molar-refractivity contribution in [3.05, 3.63) is 34.9 Å². The molecule has 0 aliphatic rings. The molecule has 0 nitrogen and oxygen atoms in total. The fraction of sp³-hybridized carbons (Fsp3) is 0.400. The topological polar surface area (TPSA) is 0 Å². The van der Waals surface area contributed by atoms with Crippen molar-refractivity contribution in [3.8, 4) is 0 Å². The van der Waals surface area contributed by atoms with E-state index in [0.717, 1.165) is 12.6 Å². The van der Waals surface area contributed by atoms with Crippen molar-refractivity contribution in [3.63, 3.8) is 0 Å². The zero-order chi connectivity index (χ0) is 8.27. The van der Waals surface area contributed by atoms with Crippen LogP contribution < -0.4 is 0 Å². The Kier molecular flexibility index (Phi) is 3.08. The molecule has 1 unspecified atom stereocenters. The minimum atomic E-state index is 1.08. The van der Waals surface area contributed by atoms with E-state index in [1.807, 2.05) is 0 Å². The lowest BCUT2D eigenvalue weighted by Gasteiger charge is -2.07. The smallest absolute Gasteiger partial charge is 0.0123 e. The molecule has 1 atom stereocenters. The summed E-state index contributed by atoms with van der Waals surface area (Å²) >= 11 is 0. The molecule has 0 radical (unpaired) electrons. The molecule has 0 aromatic heterocycles. The molecule has 1 aromatic carbocycles. The van der Waals surface area contributed by atoms with Gasteiger partial charge in [0.25, 0.3) is 0 Å². The third kappa shape index (κ3) is 1.81. The summed E-state index contributed by atoms with van der Waals surface area (Å²) in [5.41, 5.74) is 4.40. The molecule has 0 aliphatic heterocycles. The molecule has 1 heteroatoms. The van der Waals surface area contributed by atoms with Crippen molar-refractivity contribution in [2.45, 2.75) is 26.4 Å². The summed E-state index contributed by atoms with van der Waals surface area (Å²) in [7, 11) is 2.79. The van der Waals surface area contributed by atoms with Gasteiger partial charge in [-0.3, -0.25) is 0 Å². The maximum absolute atomic E-state index is 2.79. The second-order valence-electron chi connectivity index (χ2n) is 2.77. The summed E-state index contributed by atoms with van der Waals surface area (Å²) in [5, 5.41) is 0. The van der Waals surface area contributed by atoms with Crippen LogP contribution in [0.15, 0.2) is 18.2 Å². The summed E-state index contributed by atoms with van der Waals surface area (Å²) in [5.74, 6) is 0. The maximum atomic E-state index is 2.79. The Morgan fingerprint density at radius 3 is 2.55 bits per heavy atom. The lowest BCUT2D eigenvalue weighted by Crippen LogP contribution is -1.91. The van der Waals surface area contributed by atoms with Gasteiger partial charge >= 0.3 is 0 Å². The van der Waals surface area contributed by atoms with E-state index in [0.29, 0.717) is 0 Å². The Morgan fingerprint density at radius 2 is 2.09 bits per heavy atom. The molecule has 0 bridgehead atoms. The van der Waals surface area contributed by atoms with Crippen molar-refractivity contribution in [1.29, 1.82) is 0 Å². The molecular formula is C10H15P. The first kappa shape index (κ1) is 8.74. The molecule has 0 saturated heterocycles. The highest BCUT2D eigenvalue weighted by Gasteiger charge is 1.99. The van der Waals surface area contributed by atoms with Crippen molar-refractivity contribution in [2.75, 3.05) is 0 Å². The quantitative estimate of drug-likeness (QED) is 0.592. The summed E-state index contributed by atoms with van der Waals surface area (Å²) in [6.07, 6.45) is 2.22. The summed E-state index contributed by atoms with van der Waals surface area (Å²) in [6.45, 7) is 4.39. The Bertz CT molecular complexity index is 241. The van der Waals surface area contributed by atoms with Crippen molar-refractivity contribution >= 4 is 9.24 Å². The minimum absolute atomic E-state index is 1.08. The number of aryl methyl sites for hydroxylation is 2. The van der Waals surface area contributed by atoms with Crippen LogP contribution in [0.25, 0.3) is 0 Å². The van der Waals surface area contributed by atoms with Gasteiger partial charge in [-0.05, 0) is 36.2 Å². The van der Waals surface area contributed by atoms with Crippen LogP contribution in [-0.2, 0) is 12.6 Å². The Morgan fingerprint density at radius 1 is 1.36 bits per heavy atom. The van der Waals surface area contributed by atoms with Crippen molar-refractivity contribution < 1.29 is 0 Å². The average Bonchev–Trinajstić information content (AvgIpc) is 2.04. The van der Waals surface area contributed by atoms with Gasteiger partial charge in [-0.2, -0.15) is 0 Å². The molecule has 0 amide bonds. The number of hydrogen-bond donors (Lipinski definition) is 0. The molecule has 0 spiro atoms. The maximum Gasteiger partial charge on any atom is -0.0123 e. The predicted molar refractivity (Wildman–Crippen MR) is 54.0 cm³/mol. The molecular weight excluding hydrogens is 151 g/mol. The monoisotopic (exact) mass is 166 g/mol. The largest absolute Gasteiger partial charge is 0.133 e. The SMILES string of the molecule is CCc1cccc(C)c1CP. The van der Waals surface area contributed by atoms with Gasteiger partial charge in [-0.25, -0.2) is 0 Å². The first-order valence-corrected chi connectivity index (χ1v) is 4.88. The number of benzene rings is 1. The molecule has 0 fully saturated rings.